The van der Waals surface area contributed by atoms with Gasteiger partial charge in [0.25, 0.3) is 5.56 Å². The molecule has 0 bridgehead atoms. The fourth-order valence-corrected chi connectivity index (χ4v) is 4.07. The zero-order valence-corrected chi connectivity index (χ0v) is 16.3. The highest BCUT2D eigenvalue weighted by Gasteiger charge is 2.12. The number of aromatic nitrogens is 6. The largest absolute Gasteiger partial charge is 0.496 e. The normalized spacial score (nSPS) is 11.2. The van der Waals surface area contributed by atoms with Gasteiger partial charge in [0, 0.05) is 11.8 Å². The molecular weight excluding hydrogens is 384 g/mol. The molecule has 1 N–H and O–H groups in total. The Morgan fingerprint density at radius 2 is 2.15 bits per heavy atom. The summed E-state index contributed by atoms with van der Waals surface area (Å²) >= 11 is 2.84. The lowest BCUT2D eigenvalue weighted by Gasteiger charge is -2.04. The number of methoxy groups -OCH3 is 1. The maximum absolute atomic E-state index is 12.2. The van der Waals surface area contributed by atoms with Gasteiger partial charge in [-0.2, -0.15) is 9.61 Å². The van der Waals surface area contributed by atoms with Crippen molar-refractivity contribution in [1.82, 2.24) is 29.8 Å². The first kappa shape index (κ1) is 17.7. The molecule has 8 nitrogen and oxygen atoms in total. The second-order valence-electron chi connectivity index (χ2n) is 5.58. The Hall–Kier alpha value is -2.72. The standard InChI is InChI=1S/C17H16N6O2S2/c1-3-13-22-23-14(24)8-10(18-17(23)27-13)9-26-16-19-15(20-21-16)11-6-4-5-7-12(11)25-2/h4-8H,3,9H2,1-2H3,(H,19,20,21). The monoisotopic (exact) mass is 400 g/mol. The van der Waals surface area contributed by atoms with Crippen LogP contribution >= 0.6 is 23.1 Å². The molecule has 0 spiro atoms. The molecule has 4 aromatic rings. The Morgan fingerprint density at radius 1 is 1.30 bits per heavy atom. The van der Waals surface area contributed by atoms with Crippen LogP contribution in [0.5, 0.6) is 5.75 Å². The van der Waals surface area contributed by atoms with Gasteiger partial charge >= 0.3 is 0 Å². The zero-order valence-electron chi connectivity index (χ0n) is 14.7. The minimum Gasteiger partial charge on any atom is -0.496 e. The molecule has 0 fully saturated rings. The fourth-order valence-electron chi connectivity index (χ4n) is 2.52. The summed E-state index contributed by atoms with van der Waals surface area (Å²) in [5, 5.41) is 12.9. The maximum atomic E-state index is 12.2. The van der Waals surface area contributed by atoms with E-state index in [1.165, 1.54) is 33.7 Å². The average Bonchev–Trinajstić information content (AvgIpc) is 3.33. The number of nitrogens with one attached hydrogen (secondary N) is 1. The summed E-state index contributed by atoms with van der Waals surface area (Å²) in [5.74, 6) is 1.85. The van der Waals surface area contributed by atoms with E-state index in [0.29, 0.717) is 27.4 Å². The van der Waals surface area contributed by atoms with Gasteiger partial charge in [0.2, 0.25) is 10.1 Å². The highest BCUT2D eigenvalue weighted by atomic mass is 32.2. The molecule has 0 aliphatic carbocycles. The molecule has 3 aromatic heterocycles. The smallest absolute Gasteiger partial charge is 0.275 e. The van der Waals surface area contributed by atoms with E-state index in [0.717, 1.165) is 22.7 Å². The molecule has 138 valence electrons. The Balaban J connectivity index is 1.53. The number of hydrogen-bond donors (Lipinski definition) is 1. The maximum Gasteiger partial charge on any atom is 0.275 e. The summed E-state index contributed by atoms with van der Waals surface area (Å²) in [6, 6.07) is 9.11. The van der Waals surface area contributed by atoms with Crippen molar-refractivity contribution in [2.24, 2.45) is 0 Å². The van der Waals surface area contributed by atoms with Crippen LogP contribution in [0.25, 0.3) is 16.3 Å². The van der Waals surface area contributed by atoms with Gasteiger partial charge in [-0.15, -0.1) is 5.10 Å². The minimum atomic E-state index is -0.170. The van der Waals surface area contributed by atoms with E-state index in [9.17, 15) is 4.79 Å². The molecule has 0 unspecified atom stereocenters. The lowest BCUT2D eigenvalue weighted by Crippen LogP contribution is -2.15. The van der Waals surface area contributed by atoms with Crippen LogP contribution in [0.15, 0.2) is 40.3 Å². The number of thioether (sulfide) groups is 1. The summed E-state index contributed by atoms with van der Waals surface area (Å²) < 4.78 is 6.71. The van der Waals surface area contributed by atoms with Crippen molar-refractivity contribution in [2.75, 3.05) is 7.11 Å². The van der Waals surface area contributed by atoms with Crippen molar-refractivity contribution in [1.29, 1.82) is 0 Å². The third kappa shape index (κ3) is 3.58. The molecular formula is C17H16N6O2S2. The van der Waals surface area contributed by atoms with E-state index >= 15 is 0 Å². The van der Waals surface area contributed by atoms with Crippen molar-refractivity contribution < 1.29 is 4.74 Å². The van der Waals surface area contributed by atoms with Gasteiger partial charge in [0.15, 0.2) is 5.82 Å². The van der Waals surface area contributed by atoms with Crippen molar-refractivity contribution in [3.05, 3.63) is 51.4 Å². The summed E-state index contributed by atoms with van der Waals surface area (Å²) in [6.45, 7) is 2.00. The number of para-hydroxylation sites is 1. The number of rotatable bonds is 6. The SMILES string of the molecule is CCc1nn2c(=O)cc(CSc3n[nH]c(-c4ccccc4OC)n3)nc2s1. The van der Waals surface area contributed by atoms with Crippen LogP contribution in [0.2, 0.25) is 0 Å². The van der Waals surface area contributed by atoms with Gasteiger partial charge in [0.1, 0.15) is 10.8 Å². The minimum absolute atomic E-state index is 0.170. The summed E-state index contributed by atoms with van der Waals surface area (Å²) in [6.07, 6.45) is 0.778. The zero-order chi connectivity index (χ0) is 18.8. The Morgan fingerprint density at radius 3 is 2.96 bits per heavy atom. The van der Waals surface area contributed by atoms with E-state index in [4.69, 9.17) is 4.74 Å². The fraction of sp³-hybridized carbons (Fsp3) is 0.235. The number of ether oxygens (including phenoxy) is 1. The quantitative estimate of drug-likeness (QED) is 0.497. The van der Waals surface area contributed by atoms with Crippen molar-refractivity contribution >= 4 is 28.1 Å². The van der Waals surface area contributed by atoms with Crippen LogP contribution in [-0.4, -0.2) is 36.9 Å². The van der Waals surface area contributed by atoms with Gasteiger partial charge in [-0.3, -0.25) is 9.89 Å². The lowest BCUT2D eigenvalue weighted by molar-refractivity contribution is 0.416. The van der Waals surface area contributed by atoms with E-state index in [-0.39, 0.29) is 5.56 Å². The molecule has 0 atom stereocenters. The molecule has 0 saturated heterocycles. The van der Waals surface area contributed by atoms with Gasteiger partial charge in [0.05, 0.1) is 18.4 Å². The van der Waals surface area contributed by atoms with Crippen LogP contribution in [0.4, 0.5) is 0 Å². The predicted octanol–water partition coefficient (Wildman–Crippen LogP) is 2.80. The molecule has 0 saturated carbocycles. The number of hydrogen-bond acceptors (Lipinski definition) is 8. The van der Waals surface area contributed by atoms with Crippen LogP contribution in [0.1, 0.15) is 17.6 Å². The van der Waals surface area contributed by atoms with Gasteiger partial charge in [-0.05, 0) is 18.6 Å². The predicted molar refractivity (Wildman–Crippen MR) is 104 cm³/mol. The molecule has 27 heavy (non-hydrogen) atoms. The summed E-state index contributed by atoms with van der Waals surface area (Å²) in [4.78, 5) is 21.8. The molecule has 3 heterocycles. The van der Waals surface area contributed by atoms with Crippen LogP contribution < -0.4 is 10.3 Å². The molecule has 0 amide bonds. The van der Waals surface area contributed by atoms with Crippen molar-refractivity contribution in [3.63, 3.8) is 0 Å². The van der Waals surface area contributed by atoms with Gasteiger partial charge < -0.3 is 4.74 Å². The van der Waals surface area contributed by atoms with Crippen molar-refractivity contribution in [2.45, 2.75) is 24.3 Å². The first-order chi connectivity index (χ1) is 13.2. The topological polar surface area (TPSA) is 98.1 Å². The molecule has 0 radical (unpaired) electrons. The Kier molecular flexibility index (Phi) is 4.90. The number of nitrogens with zero attached hydrogens (tertiary/aromatic N) is 5. The van der Waals surface area contributed by atoms with E-state index in [2.05, 4.69) is 25.3 Å². The molecule has 0 aliphatic rings. The Labute approximate surface area is 162 Å². The van der Waals surface area contributed by atoms with Crippen LogP contribution in [0, 0.1) is 0 Å². The first-order valence-electron chi connectivity index (χ1n) is 8.25. The number of aromatic amines is 1. The molecule has 0 aliphatic heterocycles. The molecule has 10 heteroatoms. The lowest BCUT2D eigenvalue weighted by atomic mass is 10.2. The van der Waals surface area contributed by atoms with E-state index in [1.54, 1.807) is 7.11 Å². The average molecular weight is 400 g/mol. The molecule has 1 aromatic carbocycles. The molecule has 4 rings (SSSR count). The Bertz CT molecular complexity index is 1150. The highest BCUT2D eigenvalue weighted by Crippen LogP contribution is 2.28. The number of aryl methyl sites for hydroxylation is 1. The van der Waals surface area contributed by atoms with E-state index in [1.807, 2.05) is 31.2 Å². The van der Waals surface area contributed by atoms with Crippen molar-refractivity contribution in [3.8, 4) is 17.1 Å². The van der Waals surface area contributed by atoms with Gasteiger partial charge in [-0.1, -0.05) is 42.2 Å². The number of fused-ring (bicyclic) bond motifs is 1. The van der Waals surface area contributed by atoms with E-state index < -0.39 is 0 Å². The van der Waals surface area contributed by atoms with Gasteiger partial charge in [-0.25, -0.2) is 9.97 Å². The first-order valence-corrected chi connectivity index (χ1v) is 10.1. The second-order valence-corrected chi connectivity index (χ2v) is 7.57. The second kappa shape index (κ2) is 7.49. The van der Waals surface area contributed by atoms with Crippen LogP contribution in [-0.2, 0) is 12.2 Å². The number of benzene rings is 1. The summed E-state index contributed by atoms with van der Waals surface area (Å²) in [7, 11) is 1.62. The third-order valence-electron chi connectivity index (χ3n) is 3.82. The highest BCUT2D eigenvalue weighted by molar-refractivity contribution is 7.98. The number of H-pyrrole nitrogens is 1. The van der Waals surface area contributed by atoms with Crippen LogP contribution in [0.3, 0.4) is 0 Å². The summed E-state index contributed by atoms with van der Waals surface area (Å²) in [5.41, 5.74) is 1.35. The third-order valence-corrected chi connectivity index (χ3v) is 5.75.